The van der Waals surface area contributed by atoms with E-state index in [1.165, 1.54) is 16.7 Å². The van der Waals surface area contributed by atoms with Crippen molar-refractivity contribution < 1.29 is 4.42 Å². The van der Waals surface area contributed by atoms with Gasteiger partial charge >= 0.3 is 0 Å². The van der Waals surface area contributed by atoms with Crippen LogP contribution >= 0.6 is 11.3 Å². The monoisotopic (exact) mass is 350 g/mol. The summed E-state index contributed by atoms with van der Waals surface area (Å²) in [7, 11) is 0. The number of thiophene rings is 1. The second kappa shape index (κ2) is 7.03. The predicted molar refractivity (Wildman–Crippen MR) is 101 cm³/mol. The lowest BCUT2D eigenvalue weighted by Gasteiger charge is -2.08. The summed E-state index contributed by atoms with van der Waals surface area (Å²) in [5, 5.41) is 4.51. The molecule has 4 aromatic rings. The highest BCUT2D eigenvalue weighted by atomic mass is 32.1. The zero-order valence-corrected chi connectivity index (χ0v) is 14.7. The van der Waals surface area contributed by atoms with Gasteiger partial charge in [0.2, 0.25) is 5.82 Å². The molecule has 1 N–H and O–H groups in total. The third kappa shape index (κ3) is 3.53. The van der Waals surface area contributed by atoms with Crippen molar-refractivity contribution in [2.45, 2.75) is 19.8 Å². The summed E-state index contributed by atoms with van der Waals surface area (Å²) in [4.78, 5) is 15.5. The normalized spacial score (nSPS) is 11.1. The molecule has 1 aromatic carbocycles. The van der Waals surface area contributed by atoms with Crippen molar-refractivity contribution in [3.63, 3.8) is 0 Å². The number of aryl methyl sites for hydroxylation is 2. The number of benzene rings is 1. The molecule has 0 atom stereocenters. The largest absolute Gasteiger partial charge is 0.442 e. The molecule has 0 amide bonds. The van der Waals surface area contributed by atoms with E-state index >= 15 is 0 Å². The van der Waals surface area contributed by atoms with Crippen molar-refractivity contribution in [2.24, 2.45) is 0 Å². The third-order valence-electron chi connectivity index (χ3n) is 3.92. The molecule has 6 heteroatoms. The molecule has 126 valence electrons. The lowest BCUT2D eigenvalue weighted by atomic mass is 10.1. The third-order valence-corrected chi connectivity index (χ3v) is 4.86. The second-order valence-electron chi connectivity index (χ2n) is 5.82. The van der Waals surface area contributed by atoms with Crippen molar-refractivity contribution in [3.05, 3.63) is 59.3 Å². The molecular formula is C19H18N4OS. The number of nitrogens with zero attached hydrogens (tertiary/aromatic N) is 3. The van der Waals surface area contributed by atoms with Gasteiger partial charge in [0, 0.05) is 11.4 Å². The minimum Gasteiger partial charge on any atom is -0.442 e. The SMILES string of the molecule is Cc1cc2c(NCCCc3ccccc3)nc(-c3ncco3)nc2s1. The van der Waals surface area contributed by atoms with Gasteiger partial charge in [-0.05, 0) is 31.4 Å². The Morgan fingerprint density at radius 3 is 2.84 bits per heavy atom. The van der Waals surface area contributed by atoms with E-state index in [1.807, 2.05) is 6.07 Å². The van der Waals surface area contributed by atoms with Crippen LogP contribution in [-0.2, 0) is 6.42 Å². The van der Waals surface area contributed by atoms with Crippen LogP contribution in [0.2, 0.25) is 0 Å². The summed E-state index contributed by atoms with van der Waals surface area (Å²) in [5.74, 6) is 1.81. The van der Waals surface area contributed by atoms with Crippen LogP contribution in [0.25, 0.3) is 21.9 Å². The lowest BCUT2D eigenvalue weighted by molar-refractivity contribution is 0.569. The Kier molecular flexibility index (Phi) is 4.43. The van der Waals surface area contributed by atoms with Crippen LogP contribution < -0.4 is 5.32 Å². The van der Waals surface area contributed by atoms with Crippen molar-refractivity contribution in [3.8, 4) is 11.7 Å². The Balaban J connectivity index is 1.53. The van der Waals surface area contributed by atoms with Gasteiger partial charge in [-0.2, -0.15) is 0 Å². The van der Waals surface area contributed by atoms with Crippen LogP contribution in [0.15, 0.2) is 53.3 Å². The number of hydrogen-bond donors (Lipinski definition) is 1. The van der Waals surface area contributed by atoms with E-state index in [4.69, 9.17) is 4.42 Å². The van der Waals surface area contributed by atoms with Crippen molar-refractivity contribution in [1.29, 1.82) is 0 Å². The molecule has 0 aliphatic rings. The van der Waals surface area contributed by atoms with E-state index in [0.717, 1.165) is 35.4 Å². The zero-order chi connectivity index (χ0) is 17.1. The van der Waals surface area contributed by atoms with Gasteiger partial charge in [-0.1, -0.05) is 30.3 Å². The molecule has 3 heterocycles. The number of hydrogen-bond acceptors (Lipinski definition) is 6. The Labute approximate surface area is 149 Å². The molecule has 4 rings (SSSR count). The topological polar surface area (TPSA) is 63.8 Å². The first-order valence-corrected chi connectivity index (χ1v) is 9.07. The van der Waals surface area contributed by atoms with Gasteiger partial charge < -0.3 is 9.73 Å². The number of anilines is 1. The highest BCUT2D eigenvalue weighted by molar-refractivity contribution is 7.18. The summed E-state index contributed by atoms with van der Waals surface area (Å²) >= 11 is 1.65. The van der Waals surface area contributed by atoms with Crippen molar-refractivity contribution in [1.82, 2.24) is 15.0 Å². The average Bonchev–Trinajstić information content (AvgIpc) is 3.28. The number of fused-ring (bicyclic) bond motifs is 1. The molecule has 25 heavy (non-hydrogen) atoms. The molecule has 0 saturated heterocycles. The molecule has 3 aromatic heterocycles. The molecule has 5 nitrogen and oxygen atoms in total. The van der Waals surface area contributed by atoms with Crippen LogP contribution in [0, 0.1) is 6.92 Å². The first-order chi connectivity index (χ1) is 12.3. The van der Waals surface area contributed by atoms with Crippen LogP contribution in [-0.4, -0.2) is 21.5 Å². The predicted octanol–water partition coefficient (Wildman–Crippen LogP) is 4.70. The second-order valence-corrected chi connectivity index (χ2v) is 7.06. The molecular weight excluding hydrogens is 332 g/mol. The quantitative estimate of drug-likeness (QED) is 0.511. The Hall–Kier alpha value is -2.73. The maximum atomic E-state index is 5.35. The zero-order valence-electron chi connectivity index (χ0n) is 13.9. The maximum absolute atomic E-state index is 5.35. The van der Waals surface area contributed by atoms with Crippen LogP contribution in [0.4, 0.5) is 5.82 Å². The number of nitrogens with one attached hydrogen (secondary N) is 1. The highest BCUT2D eigenvalue weighted by Gasteiger charge is 2.14. The number of aromatic nitrogens is 3. The van der Waals surface area contributed by atoms with Gasteiger partial charge in [-0.25, -0.2) is 15.0 Å². The number of rotatable bonds is 6. The molecule has 0 aliphatic heterocycles. The van der Waals surface area contributed by atoms with Crippen LogP contribution in [0.1, 0.15) is 16.9 Å². The minimum atomic E-state index is 0.445. The smallest absolute Gasteiger partial charge is 0.264 e. The molecule has 0 unspecified atom stereocenters. The summed E-state index contributed by atoms with van der Waals surface area (Å²) in [6.45, 7) is 2.93. The maximum Gasteiger partial charge on any atom is 0.264 e. The summed E-state index contributed by atoms with van der Waals surface area (Å²) in [5.41, 5.74) is 1.35. The molecule has 0 bridgehead atoms. The molecule has 0 spiro atoms. The van der Waals surface area contributed by atoms with Crippen LogP contribution in [0.5, 0.6) is 0 Å². The average molecular weight is 350 g/mol. The van der Waals surface area contributed by atoms with Crippen molar-refractivity contribution in [2.75, 3.05) is 11.9 Å². The fourth-order valence-corrected chi connectivity index (χ4v) is 3.63. The fraction of sp³-hybridized carbons (Fsp3) is 0.211. The molecule has 0 fully saturated rings. The van der Waals surface area contributed by atoms with Gasteiger partial charge in [0.25, 0.3) is 5.89 Å². The van der Waals surface area contributed by atoms with E-state index in [2.05, 4.69) is 57.5 Å². The van der Waals surface area contributed by atoms with Gasteiger partial charge in [0.15, 0.2) is 0 Å². The standard InChI is InChI=1S/C19H18N4OS/c1-13-12-15-16(20-9-5-8-14-6-3-2-4-7-14)22-17(23-19(15)25-13)18-21-10-11-24-18/h2-4,6-7,10-12H,5,8-9H2,1H3,(H,20,22,23). The summed E-state index contributed by atoms with van der Waals surface area (Å²) in [6, 6.07) is 12.6. The molecule has 0 saturated carbocycles. The number of oxazole rings is 1. The van der Waals surface area contributed by atoms with Crippen LogP contribution in [0.3, 0.4) is 0 Å². The van der Waals surface area contributed by atoms with Gasteiger partial charge in [0.05, 0.1) is 11.6 Å². The van der Waals surface area contributed by atoms with Gasteiger partial charge in [-0.15, -0.1) is 11.3 Å². The first-order valence-electron chi connectivity index (χ1n) is 8.25. The van der Waals surface area contributed by atoms with Gasteiger partial charge in [-0.3, -0.25) is 0 Å². The van der Waals surface area contributed by atoms with E-state index in [1.54, 1.807) is 17.5 Å². The van der Waals surface area contributed by atoms with E-state index in [9.17, 15) is 0 Å². The Morgan fingerprint density at radius 2 is 2.04 bits per heavy atom. The summed E-state index contributed by atoms with van der Waals surface area (Å²) < 4.78 is 5.35. The Bertz CT molecular complexity index is 964. The van der Waals surface area contributed by atoms with E-state index in [-0.39, 0.29) is 0 Å². The highest BCUT2D eigenvalue weighted by Crippen LogP contribution is 2.30. The van der Waals surface area contributed by atoms with E-state index < -0.39 is 0 Å². The Morgan fingerprint density at radius 1 is 1.16 bits per heavy atom. The summed E-state index contributed by atoms with van der Waals surface area (Å²) in [6.07, 6.45) is 5.22. The van der Waals surface area contributed by atoms with Crippen molar-refractivity contribution >= 4 is 27.4 Å². The fourth-order valence-electron chi connectivity index (χ4n) is 2.75. The molecule has 0 radical (unpaired) electrons. The molecule has 0 aliphatic carbocycles. The van der Waals surface area contributed by atoms with Gasteiger partial charge in [0.1, 0.15) is 16.9 Å². The van der Waals surface area contributed by atoms with E-state index in [0.29, 0.717) is 11.7 Å². The first kappa shape index (κ1) is 15.8. The lowest BCUT2D eigenvalue weighted by Crippen LogP contribution is -2.06. The minimum absolute atomic E-state index is 0.445.